The average molecular weight is 339 g/mol. The fourth-order valence-electron chi connectivity index (χ4n) is 3.74. The van der Waals surface area contributed by atoms with Gasteiger partial charge in [0.2, 0.25) is 5.69 Å². The summed E-state index contributed by atoms with van der Waals surface area (Å²) in [6, 6.07) is 15.4. The first-order chi connectivity index (χ1) is 12.2. The molecule has 0 bridgehead atoms. The highest BCUT2D eigenvalue weighted by Crippen LogP contribution is 2.13. The summed E-state index contributed by atoms with van der Waals surface area (Å²) >= 11 is 0. The average Bonchev–Trinajstić information content (AvgIpc) is 2.60. The van der Waals surface area contributed by atoms with Gasteiger partial charge in [-0.15, -0.1) is 0 Å². The molecule has 0 aliphatic heterocycles. The molecule has 0 saturated heterocycles. The van der Waals surface area contributed by atoms with Crippen LogP contribution in [0.2, 0.25) is 0 Å². The summed E-state index contributed by atoms with van der Waals surface area (Å²) in [4.78, 5) is 0. The van der Waals surface area contributed by atoms with Crippen molar-refractivity contribution in [3.63, 3.8) is 0 Å². The van der Waals surface area contributed by atoms with E-state index in [4.69, 9.17) is 0 Å². The lowest BCUT2D eigenvalue weighted by Gasteiger charge is -2.08. The molecule has 0 saturated carbocycles. The van der Waals surface area contributed by atoms with Crippen molar-refractivity contribution in [3.05, 3.63) is 59.4 Å². The van der Waals surface area contributed by atoms with Gasteiger partial charge in [0.15, 0.2) is 11.4 Å². The maximum absolute atomic E-state index is 2.43. The predicted octanol–water partition coefficient (Wildman–Crippen LogP) is 6.65. The Morgan fingerprint density at radius 2 is 1.32 bits per heavy atom. The van der Waals surface area contributed by atoms with E-state index < -0.39 is 0 Å². The SMILES string of the molecule is CCCCCCCCCCCc1cc(C)cc(C)[n+]1-c1ccccc1. The first-order valence-electron chi connectivity index (χ1n) is 10.3. The van der Waals surface area contributed by atoms with Gasteiger partial charge in [-0.3, -0.25) is 0 Å². The fourth-order valence-corrected chi connectivity index (χ4v) is 3.74. The Morgan fingerprint density at radius 3 is 1.96 bits per heavy atom. The molecule has 0 N–H and O–H groups in total. The Bertz CT molecular complexity index is 615. The number of benzene rings is 1. The van der Waals surface area contributed by atoms with Crippen LogP contribution in [0.5, 0.6) is 0 Å². The number of unbranched alkanes of at least 4 members (excludes halogenated alkanes) is 8. The van der Waals surface area contributed by atoms with Gasteiger partial charge in [0.25, 0.3) is 0 Å². The normalized spacial score (nSPS) is 11.0. The van der Waals surface area contributed by atoms with Crippen LogP contribution in [0, 0.1) is 13.8 Å². The van der Waals surface area contributed by atoms with Crippen molar-refractivity contribution in [2.45, 2.75) is 85.0 Å². The molecular weight excluding hydrogens is 302 g/mol. The van der Waals surface area contributed by atoms with Gasteiger partial charge in [-0.05, 0) is 18.9 Å². The zero-order chi connectivity index (χ0) is 17.9. The molecule has 0 unspecified atom stereocenters. The topological polar surface area (TPSA) is 3.88 Å². The molecule has 1 aromatic heterocycles. The maximum atomic E-state index is 2.43. The minimum Gasteiger partial charge on any atom is -0.162 e. The lowest BCUT2D eigenvalue weighted by Crippen LogP contribution is -2.39. The monoisotopic (exact) mass is 338 g/mol. The number of aryl methyl sites for hydroxylation is 3. The lowest BCUT2D eigenvalue weighted by atomic mass is 10.0. The van der Waals surface area contributed by atoms with Gasteiger partial charge in [0.05, 0.1) is 0 Å². The molecule has 0 amide bonds. The summed E-state index contributed by atoms with van der Waals surface area (Å²) in [5.74, 6) is 0. The Balaban J connectivity index is 1.85. The van der Waals surface area contributed by atoms with E-state index in [1.165, 1.54) is 86.8 Å². The minimum atomic E-state index is 1.17. The van der Waals surface area contributed by atoms with Crippen molar-refractivity contribution < 1.29 is 4.57 Å². The Labute approximate surface area is 155 Å². The number of nitrogens with zero attached hydrogens (tertiary/aromatic N) is 1. The van der Waals surface area contributed by atoms with Crippen LogP contribution >= 0.6 is 0 Å². The quantitative estimate of drug-likeness (QED) is 0.319. The van der Waals surface area contributed by atoms with Gasteiger partial charge in [0, 0.05) is 37.6 Å². The summed E-state index contributed by atoms with van der Waals surface area (Å²) in [7, 11) is 0. The fraction of sp³-hybridized carbons (Fsp3) is 0.542. The van der Waals surface area contributed by atoms with Crippen molar-refractivity contribution in [1.82, 2.24) is 0 Å². The van der Waals surface area contributed by atoms with Gasteiger partial charge in [-0.25, -0.2) is 0 Å². The number of para-hydroxylation sites is 1. The summed E-state index contributed by atoms with van der Waals surface area (Å²) in [6.07, 6.45) is 13.7. The van der Waals surface area contributed by atoms with Crippen LogP contribution in [-0.4, -0.2) is 0 Å². The van der Waals surface area contributed by atoms with Crippen molar-refractivity contribution in [2.75, 3.05) is 0 Å². The predicted molar refractivity (Wildman–Crippen MR) is 108 cm³/mol. The molecular formula is C24H36N+. The molecule has 0 atom stereocenters. The molecule has 0 aliphatic rings. The number of aromatic nitrogens is 1. The van der Waals surface area contributed by atoms with E-state index in [2.05, 4.69) is 67.8 Å². The van der Waals surface area contributed by atoms with Crippen molar-refractivity contribution in [3.8, 4) is 5.69 Å². The number of hydrogen-bond donors (Lipinski definition) is 0. The van der Waals surface area contributed by atoms with Crippen LogP contribution in [0.1, 0.15) is 81.7 Å². The summed E-state index contributed by atoms with van der Waals surface area (Å²) < 4.78 is 2.43. The van der Waals surface area contributed by atoms with Gasteiger partial charge in [0.1, 0.15) is 0 Å². The Hall–Kier alpha value is -1.63. The van der Waals surface area contributed by atoms with Crippen molar-refractivity contribution >= 4 is 0 Å². The van der Waals surface area contributed by atoms with E-state index in [9.17, 15) is 0 Å². The molecule has 1 heteroatoms. The van der Waals surface area contributed by atoms with Crippen LogP contribution in [-0.2, 0) is 6.42 Å². The molecule has 2 aromatic rings. The first kappa shape index (κ1) is 19.7. The third kappa shape index (κ3) is 6.65. The number of pyridine rings is 1. The van der Waals surface area contributed by atoms with Crippen LogP contribution in [0.3, 0.4) is 0 Å². The summed E-state index contributed by atoms with van der Waals surface area (Å²) in [5.41, 5.74) is 5.44. The van der Waals surface area contributed by atoms with Gasteiger partial charge in [-0.1, -0.05) is 76.5 Å². The molecule has 1 nitrogen and oxygen atoms in total. The van der Waals surface area contributed by atoms with Gasteiger partial charge < -0.3 is 0 Å². The molecule has 0 radical (unpaired) electrons. The molecule has 1 aromatic carbocycles. The smallest absolute Gasteiger partial charge is 0.162 e. The first-order valence-corrected chi connectivity index (χ1v) is 10.3. The largest absolute Gasteiger partial charge is 0.211 e. The second-order valence-electron chi connectivity index (χ2n) is 7.41. The van der Waals surface area contributed by atoms with Crippen LogP contribution in [0.15, 0.2) is 42.5 Å². The van der Waals surface area contributed by atoms with Crippen LogP contribution in [0.25, 0.3) is 5.69 Å². The number of rotatable bonds is 11. The highest BCUT2D eigenvalue weighted by molar-refractivity contribution is 5.25. The van der Waals surface area contributed by atoms with Gasteiger partial charge in [-0.2, -0.15) is 4.57 Å². The van der Waals surface area contributed by atoms with E-state index in [1.807, 2.05) is 0 Å². The molecule has 1 heterocycles. The molecule has 136 valence electrons. The van der Waals surface area contributed by atoms with Crippen molar-refractivity contribution in [1.29, 1.82) is 0 Å². The maximum Gasteiger partial charge on any atom is 0.211 e. The lowest BCUT2D eigenvalue weighted by molar-refractivity contribution is -0.611. The molecule has 0 spiro atoms. The highest BCUT2D eigenvalue weighted by atomic mass is 15.0. The van der Waals surface area contributed by atoms with E-state index in [0.29, 0.717) is 0 Å². The zero-order valence-electron chi connectivity index (χ0n) is 16.6. The van der Waals surface area contributed by atoms with Gasteiger partial charge >= 0.3 is 0 Å². The van der Waals surface area contributed by atoms with Crippen molar-refractivity contribution in [2.24, 2.45) is 0 Å². The molecule has 0 aliphatic carbocycles. The van der Waals surface area contributed by atoms with Crippen LogP contribution < -0.4 is 4.57 Å². The van der Waals surface area contributed by atoms with E-state index in [-0.39, 0.29) is 0 Å². The second kappa shape index (κ2) is 11.1. The van der Waals surface area contributed by atoms with E-state index >= 15 is 0 Å². The van der Waals surface area contributed by atoms with E-state index in [1.54, 1.807) is 0 Å². The third-order valence-electron chi connectivity index (χ3n) is 5.02. The Morgan fingerprint density at radius 1 is 0.720 bits per heavy atom. The standard InChI is InChI=1S/C24H36N/c1-4-5-6-7-8-9-10-11-13-18-24-20-21(2)19-22(3)25(24)23-16-14-12-15-17-23/h12,14-17,19-20H,4-11,13,18H2,1-3H3/q+1. The minimum absolute atomic E-state index is 1.17. The Kier molecular flexibility index (Phi) is 8.72. The summed E-state index contributed by atoms with van der Waals surface area (Å²) in [6.45, 7) is 6.72. The third-order valence-corrected chi connectivity index (χ3v) is 5.02. The zero-order valence-corrected chi connectivity index (χ0v) is 16.6. The molecule has 2 rings (SSSR count). The molecule has 25 heavy (non-hydrogen) atoms. The summed E-state index contributed by atoms with van der Waals surface area (Å²) in [5, 5.41) is 0. The molecule has 0 fully saturated rings. The number of hydrogen-bond acceptors (Lipinski definition) is 0. The van der Waals surface area contributed by atoms with E-state index in [0.717, 1.165) is 0 Å². The highest BCUT2D eigenvalue weighted by Gasteiger charge is 2.17. The van der Waals surface area contributed by atoms with Crippen LogP contribution in [0.4, 0.5) is 0 Å². The second-order valence-corrected chi connectivity index (χ2v) is 7.41.